The summed E-state index contributed by atoms with van der Waals surface area (Å²) in [4.78, 5) is 21.9. The van der Waals surface area contributed by atoms with Crippen LogP contribution in [-0.4, -0.2) is 89.4 Å². The van der Waals surface area contributed by atoms with Crippen molar-refractivity contribution in [3.63, 3.8) is 0 Å². The molecule has 0 radical (unpaired) electrons. The molecule has 2 aliphatic rings. The molecule has 0 unspecified atom stereocenters. The van der Waals surface area contributed by atoms with Gasteiger partial charge in [0.1, 0.15) is 21.4 Å². The molecule has 5 rings (SSSR count). The van der Waals surface area contributed by atoms with Gasteiger partial charge < -0.3 is 29.9 Å². The summed E-state index contributed by atoms with van der Waals surface area (Å²) in [5.41, 5.74) is 0.984. The molecule has 1 amide bonds. The smallest absolute Gasteiger partial charge is 0.404 e. The molecule has 2 fully saturated rings. The van der Waals surface area contributed by atoms with Crippen molar-refractivity contribution in [1.29, 1.82) is 0 Å². The minimum atomic E-state index is -2.97. The number of nitrogens with one attached hydrogen (secondary N) is 2. The summed E-state index contributed by atoms with van der Waals surface area (Å²) in [6, 6.07) is 10.3. The summed E-state index contributed by atoms with van der Waals surface area (Å²) in [6.45, 7) is 5.58. The van der Waals surface area contributed by atoms with Gasteiger partial charge in [0, 0.05) is 42.7 Å². The number of aromatic nitrogens is 3. The Kier molecular flexibility index (Phi) is 12.0. The number of ether oxygens (including phenoxy) is 1. The highest BCUT2D eigenvalue weighted by molar-refractivity contribution is 7.90. The summed E-state index contributed by atoms with van der Waals surface area (Å²) < 4.78 is 30.5. The average Bonchev–Trinajstić information content (AvgIpc) is 3.41. The summed E-state index contributed by atoms with van der Waals surface area (Å²) in [7, 11) is -2.97. The molecule has 3 heterocycles. The number of fused-ring (bicyclic) bond motifs is 1. The Bertz CT molecular complexity index is 1420. The second-order valence-electron chi connectivity index (χ2n) is 11.5. The predicted molar refractivity (Wildman–Crippen MR) is 170 cm³/mol. The zero-order chi connectivity index (χ0) is 30.7. The van der Waals surface area contributed by atoms with Crippen molar-refractivity contribution < 1.29 is 23.1 Å². The minimum absolute atomic E-state index is 0.127. The molecular weight excluding hydrogens is 568 g/mol. The van der Waals surface area contributed by atoms with Gasteiger partial charge in [-0.3, -0.25) is 0 Å². The molecule has 1 atom stereocenters. The number of hydrogen-bond acceptors (Lipinski definition) is 8. The molecule has 1 aromatic carbocycles. The SMILES string of the molecule is CCCN1CCC[C@H](NC(=O)O)C1.CS(=O)(=O)CCCOc1cccc2c1ccn2-c1ccnc(NC2CCCCC2)n1. The largest absolute Gasteiger partial charge is 0.493 e. The van der Waals surface area contributed by atoms with E-state index in [-0.39, 0.29) is 11.8 Å². The lowest BCUT2D eigenvalue weighted by atomic mass is 9.96. The van der Waals surface area contributed by atoms with Crippen LogP contribution in [0.3, 0.4) is 0 Å². The van der Waals surface area contributed by atoms with E-state index >= 15 is 0 Å². The molecule has 12 heteroatoms. The molecule has 43 heavy (non-hydrogen) atoms. The number of piperidine rings is 1. The van der Waals surface area contributed by atoms with E-state index in [9.17, 15) is 13.2 Å². The molecule has 3 N–H and O–H groups in total. The molecule has 0 spiro atoms. The standard InChI is InChI=1S/C22H28N4O3S.C9H18N2O2/c1-30(27,28)16-6-15-29-20-10-5-9-19-18(20)12-14-26(19)21-11-13-23-22(25-21)24-17-7-3-2-4-8-17;1-2-5-11-6-3-4-8(7-11)10-9(12)13/h5,9-14,17H,2-4,6-8,15-16H2,1H3,(H,23,24,25);8,10H,2-7H2,1H3,(H,12,13)/t;8-/m.0/s1. The van der Waals surface area contributed by atoms with E-state index in [0.29, 0.717) is 25.0 Å². The number of likely N-dealkylation sites (tertiary alicyclic amines) is 1. The maximum absolute atomic E-state index is 11.3. The molecule has 1 saturated carbocycles. The lowest BCUT2D eigenvalue weighted by Gasteiger charge is -2.32. The zero-order valence-electron chi connectivity index (χ0n) is 25.4. The lowest BCUT2D eigenvalue weighted by molar-refractivity contribution is 0.163. The highest BCUT2D eigenvalue weighted by Crippen LogP contribution is 2.29. The third-order valence-electron chi connectivity index (χ3n) is 7.81. The minimum Gasteiger partial charge on any atom is -0.493 e. The van der Waals surface area contributed by atoms with E-state index in [1.165, 1.54) is 38.4 Å². The van der Waals surface area contributed by atoms with Gasteiger partial charge >= 0.3 is 6.09 Å². The Hall–Kier alpha value is -3.38. The van der Waals surface area contributed by atoms with E-state index < -0.39 is 15.9 Å². The number of anilines is 1. The first-order valence-corrected chi connectivity index (χ1v) is 17.5. The number of carboxylic acid groups (broad SMARTS) is 1. The van der Waals surface area contributed by atoms with Gasteiger partial charge in [-0.25, -0.2) is 18.2 Å². The van der Waals surface area contributed by atoms with Crippen LogP contribution in [0.2, 0.25) is 0 Å². The Morgan fingerprint density at radius 3 is 2.63 bits per heavy atom. The Morgan fingerprint density at radius 2 is 1.88 bits per heavy atom. The Morgan fingerprint density at radius 1 is 1.09 bits per heavy atom. The highest BCUT2D eigenvalue weighted by Gasteiger charge is 2.20. The van der Waals surface area contributed by atoms with Crippen LogP contribution in [-0.2, 0) is 9.84 Å². The number of nitrogens with zero attached hydrogens (tertiary/aromatic N) is 4. The van der Waals surface area contributed by atoms with Crippen LogP contribution in [0.15, 0.2) is 42.7 Å². The van der Waals surface area contributed by atoms with Gasteiger partial charge in [-0.05, 0) is 75.9 Å². The van der Waals surface area contributed by atoms with Gasteiger partial charge in [0.25, 0.3) is 0 Å². The fourth-order valence-electron chi connectivity index (χ4n) is 5.82. The van der Waals surface area contributed by atoms with Crippen molar-refractivity contribution in [2.75, 3.05) is 43.6 Å². The van der Waals surface area contributed by atoms with Crippen molar-refractivity contribution in [2.24, 2.45) is 0 Å². The van der Waals surface area contributed by atoms with Crippen molar-refractivity contribution in [1.82, 2.24) is 24.8 Å². The summed E-state index contributed by atoms with van der Waals surface area (Å²) in [6.07, 6.45) is 13.9. The summed E-state index contributed by atoms with van der Waals surface area (Å²) in [5, 5.41) is 15.5. The first kappa shape index (κ1) is 32.5. The zero-order valence-corrected chi connectivity index (χ0v) is 26.2. The van der Waals surface area contributed by atoms with Crippen LogP contribution >= 0.6 is 0 Å². The van der Waals surface area contributed by atoms with E-state index in [4.69, 9.17) is 14.8 Å². The van der Waals surface area contributed by atoms with E-state index in [0.717, 1.165) is 61.4 Å². The molecule has 11 nitrogen and oxygen atoms in total. The van der Waals surface area contributed by atoms with Crippen LogP contribution in [0, 0.1) is 0 Å². The highest BCUT2D eigenvalue weighted by atomic mass is 32.2. The number of sulfone groups is 1. The van der Waals surface area contributed by atoms with Gasteiger partial charge in [-0.1, -0.05) is 32.3 Å². The predicted octanol–water partition coefficient (Wildman–Crippen LogP) is 5.11. The summed E-state index contributed by atoms with van der Waals surface area (Å²) in [5.74, 6) is 2.33. The molecule has 1 saturated heterocycles. The van der Waals surface area contributed by atoms with E-state index in [1.54, 1.807) is 6.20 Å². The molecule has 236 valence electrons. The normalized spacial score (nSPS) is 18.0. The summed E-state index contributed by atoms with van der Waals surface area (Å²) >= 11 is 0. The van der Waals surface area contributed by atoms with Gasteiger partial charge in [-0.2, -0.15) is 4.98 Å². The van der Waals surface area contributed by atoms with Crippen molar-refractivity contribution >= 4 is 32.8 Å². The quantitative estimate of drug-likeness (QED) is 0.252. The maximum Gasteiger partial charge on any atom is 0.404 e. The number of benzene rings is 1. The molecule has 3 aromatic rings. The molecule has 0 bridgehead atoms. The third-order valence-corrected chi connectivity index (χ3v) is 8.84. The maximum atomic E-state index is 11.3. The Labute approximate surface area is 255 Å². The van der Waals surface area contributed by atoms with Crippen LogP contribution in [0.4, 0.5) is 10.7 Å². The first-order chi connectivity index (χ1) is 20.7. The van der Waals surface area contributed by atoms with E-state index in [1.807, 2.05) is 41.1 Å². The number of carbonyl (C=O) groups is 1. The topological polar surface area (TPSA) is 139 Å². The van der Waals surface area contributed by atoms with Crippen molar-refractivity contribution in [3.05, 3.63) is 42.7 Å². The van der Waals surface area contributed by atoms with Crippen LogP contribution < -0.4 is 15.4 Å². The van der Waals surface area contributed by atoms with Gasteiger partial charge in [0.2, 0.25) is 5.95 Å². The van der Waals surface area contributed by atoms with Gasteiger partial charge in [0.15, 0.2) is 0 Å². The van der Waals surface area contributed by atoms with Crippen LogP contribution in [0.5, 0.6) is 5.75 Å². The number of amides is 1. The third kappa shape index (κ3) is 10.4. The van der Waals surface area contributed by atoms with Crippen molar-refractivity contribution in [2.45, 2.75) is 76.8 Å². The fourth-order valence-corrected chi connectivity index (χ4v) is 6.46. The lowest BCUT2D eigenvalue weighted by Crippen LogP contribution is -2.47. The fraction of sp³-hybridized carbons (Fsp3) is 0.581. The number of rotatable bonds is 11. The van der Waals surface area contributed by atoms with Gasteiger partial charge in [-0.15, -0.1) is 0 Å². The average molecular weight is 615 g/mol. The second kappa shape index (κ2) is 15.9. The molecular formula is C31H46N6O5S. The molecule has 2 aromatic heterocycles. The van der Waals surface area contributed by atoms with Gasteiger partial charge in [0.05, 0.1) is 17.9 Å². The van der Waals surface area contributed by atoms with Crippen LogP contribution in [0.1, 0.15) is 64.7 Å². The molecule has 1 aliphatic heterocycles. The van der Waals surface area contributed by atoms with E-state index in [2.05, 4.69) is 27.4 Å². The number of hydrogen-bond donors (Lipinski definition) is 3. The Balaban J connectivity index is 0.000000273. The van der Waals surface area contributed by atoms with Crippen LogP contribution in [0.25, 0.3) is 16.7 Å². The first-order valence-electron chi connectivity index (χ1n) is 15.4. The second-order valence-corrected chi connectivity index (χ2v) is 13.8. The van der Waals surface area contributed by atoms with Crippen molar-refractivity contribution in [3.8, 4) is 11.6 Å². The monoisotopic (exact) mass is 614 g/mol. The molecule has 1 aliphatic carbocycles.